The molecule has 16 heavy (non-hydrogen) atoms. The van der Waals surface area contributed by atoms with Gasteiger partial charge in [-0.25, -0.2) is 4.79 Å². The van der Waals surface area contributed by atoms with Crippen molar-refractivity contribution in [3.05, 3.63) is 29.8 Å². The van der Waals surface area contributed by atoms with Crippen LogP contribution >= 0.6 is 0 Å². The number of halogens is 3. The van der Waals surface area contributed by atoms with Crippen LogP contribution in [-0.4, -0.2) is 12.6 Å². The van der Waals surface area contributed by atoms with Gasteiger partial charge in [0.25, 0.3) is 0 Å². The molecule has 0 aliphatic rings. The largest absolute Gasteiger partial charge is 0.416 e. The molecule has 0 spiro atoms. The Morgan fingerprint density at radius 3 is 2.25 bits per heavy atom. The summed E-state index contributed by atoms with van der Waals surface area (Å²) in [5, 5.41) is 4.87. The maximum Gasteiger partial charge on any atom is 0.416 e. The first-order valence-electron chi connectivity index (χ1n) is 4.65. The summed E-state index contributed by atoms with van der Waals surface area (Å²) in [6.07, 6.45) is -4.36. The Hall–Kier alpha value is -1.72. The van der Waals surface area contributed by atoms with E-state index in [2.05, 4.69) is 10.6 Å². The molecule has 0 radical (unpaired) electrons. The highest BCUT2D eigenvalue weighted by Gasteiger charge is 2.29. The minimum atomic E-state index is -4.36. The number of urea groups is 1. The van der Waals surface area contributed by atoms with Crippen LogP contribution < -0.4 is 10.6 Å². The number of hydrogen-bond donors (Lipinski definition) is 2. The average molecular weight is 232 g/mol. The van der Waals surface area contributed by atoms with Crippen LogP contribution in [0.25, 0.3) is 0 Å². The normalized spacial score (nSPS) is 11.0. The lowest BCUT2D eigenvalue weighted by Gasteiger charge is -2.08. The van der Waals surface area contributed by atoms with Gasteiger partial charge in [0.2, 0.25) is 0 Å². The van der Waals surface area contributed by atoms with Gasteiger partial charge in [0.15, 0.2) is 0 Å². The number of amides is 2. The minimum Gasteiger partial charge on any atom is -0.338 e. The van der Waals surface area contributed by atoms with E-state index in [4.69, 9.17) is 0 Å². The van der Waals surface area contributed by atoms with Gasteiger partial charge in [0, 0.05) is 12.2 Å². The van der Waals surface area contributed by atoms with Gasteiger partial charge in [-0.15, -0.1) is 0 Å². The Morgan fingerprint density at radius 1 is 1.25 bits per heavy atom. The molecule has 1 rings (SSSR count). The van der Waals surface area contributed by atoms with E-state index >= 15 is 0 Å². The Bertz CT molecular complexity index is 359. The predicted molar refractivity (Wildman–Crippen MR) is 54.1 cm³/mol. The van der Waals surface area contributed by atoms with Gasteiger partial charge in [0.1, 0.15) is 0 Å². The molecule has 0 atom stereocenters. The van der Waals surface area contributed by atoms with E-state index in [-0.39, 0.29) is 0 Å². The molecule has 0 bridgehead atoms. The Morgan fingerprint density at radius 2 is 1.81 bits per heavy atom. The van der Waals surface area contributed by atoms with E-state index in [1.807, 2.05) is 0 Å². The minimum absolute atomic E-state index is 0.318. The molecule has 0 saturated carbocycles. The molecule has 0 unspecified atom stereocenters. The van der Waals surface area contributed by atoms with Gasteiger partial charge >= 0.3 is 12.2 Å². The molecular weight excluding hydrogens is 221 g/mol. The van der Waals surface area contributed by atoms with E-state index in [0.717, 1.165) is 12.1 Å². The number of carbonyl (C=O) groups is 1. The van der Waals surface area contributed by atoms with Gasteiger partial charge in [-0.1, -0.05) is 0 Å². The molecule has 0 aromatic heterocycles. The summed E-state index contributed by atoms with van der Waals surface area (Å²) >= 11 is 0. The summed E-state index contributed by atoms with van der Waals surface area (Å²) in [6, 6.07) is 3.81. The molecule has 2 N–H and O–H groups in total. The molecule has 0 aliphatic heterocycles. The van der Waals surface area contributed by atoms with E-state index in [1.165, 1.54) is 12.1 Å². The van der Waals surface area contributed by atoms with Crippen LogP contribution in [0.3, 0.4) is 0 Å². The average Bonchev–Trinajstić information content (AvgIpc) is 2.17. The van der Waals surface area contributed by atoms with Gasteiger partial charge in [-0.05, 0) is 31.2 Å². The van der Waals surface area contributed by atoms with Crippen molar-refractivity contribution in [2.75, 3.05) is 11.9 Å². The maximum atomic E-state index is 12.2. The maximum absolute atomic E-state index is 12.2. The standard InChI is InChI=1S/C10H11F3N2O/c1-2-14-9(16)15-8-5-3-7(4-6-8)10(11,12)13/h3-6H,2H2,1H3,(H2,14,15,16). The quantitative estimate of drug-likeness (QED) is 0.808. The van der Waals surface area contributed by atoms with Crippen molar-refractivity contribution < 1.29 is 18.0 Å². The van der Waals surface area contributed by atoms with E-state index < -0.39 is 17.8 Å². The lowest BCUT2D eigenvalue weighted by molar-refractivity contribution is -0.137. The number of rotatable bonds is 2. The second-order valence-electron chi connectivity index (χ2n) is 3.06. The zero-order chi connectivity index (χ0) is 12.2. The molecule has 1 aromatic carbocycles. The van der Waals surface area contributed by atoms with Crippen LogP contribution in [0.1, 0.15) is 12.5 Å². The van der Waals surface area contributed by atoms with Crippen molar-refractivity contribution >= 4 is 11.7 Å². The highest BCUT2D eigenvalue weighted by atomic mass is 19.4. The van der Waals surface area contributed by atoms with E-state index in [9.17, 15) is 18.0 Å². The first-order chi connectivity index (χ1) is 7.43. The smallest absolute Gasteiger partial charge is 0.338 e. The van der Waals surface area contributed by atoms with Crippen LogP contribution in [0.2, 0.25) is 0 Å². The predicted octanol–water partition coefficient (Wildman–Crippen LogP) is 2.85. The summed E-state index contributed by atoms with van der Waals surface area (Å²) in [5.74, 6) is 0. The summed E-state index contributed by atoms with van der Waals surface area (Å²) in [5.41, 5.74) is -0.423. The molecular formula is C10H11F3N2O. The highest BCUT2D eigenvalue weighted by molar-refractivity contribution is 5.89. The summed E-state index contributed by atoms with van der Waals surface area (Å²) in [7, 11) is 0. The number of alkyl halides is 3. The number of carbonyl (C=O) groups excluding carboxylic acids is 1. The molecule has 0 heterocycles. The second kappa shape index (κ2) is 4.87. The molecule has 2 amide bonds. The molecule has 0 aliphatic carbocycles. The molecule has 6 heteroatoms. The Labute approximate surface area is 90.6 Å². The van der Waals surface area contributed by atoms with Crippen molar-refractivity contribution in [1.82, 2.24) is 5.32 Å². The SMILES string of the molecule is CCNC(=O)Nc1ccc(C(F)(F)F)cc1. The molecule has 0 fully saturated rings. The Kier molecular flexibility index (Phi) is 3.76. The lowest BCUT2D eigenvalue weighted by Crippen LogP contribution is -2.28. The first-order valence-corrected chi connectivity index (χ1v) is 4.65. The summed E-state index contributed by atoms with van der Waals surface area (Å²) in [4.78, 5) is 11.0. The third kappa shape index (κ3) is 3.45. The number of benzene rings is 1. The van der Waals surface area contributed by atoms with Crippen LogP contribution in [0.5, 0.6) is 0 Å². The van der Waals surface area contributed by atoms with Crippen LogP contribution in [0.15, 0.2) is 24.3 Å². The van der Waals surface area contributed by atoms with Gasteiger partial charge in [0.05, 0.1) is 5.56 Å². The summed E-state index contributed by atoms with van der Waals surface area (Å²) in [6.45, 7) is 2.19. The van der Waals surface area contributed by atoms with Gasteiger partial charge < -0.3 is 10.6 Å². The van der Waals surface area contributed by atoms with Crippen molar-refractivity contribution in [3.63, 3.8) is 0 Å². The lowest BCUT2D eigenvalue weighted by atomic mass is 10.2. The van der Waals surface area contributed by atoms with Crippen molar-refractivity contribution in [2.24, 2.45) is 0 Å². The van der Waals surface area contributed by atoms with Crippen molar-refractivity contribution in [1.29, 1.82) is 0 Å². The topological polar surface area (TPSA) is 41.1 Å². The zero-order valence-corrected chi connectivity index (χ0v) is 8.56. The van der Waals surface area contributed by atoms with E-state index in [0.29, 0.717) is 12.2 Å². The van der Waals surface area contributed by atoms with Gasteiger partial charge in [-0.2, -0.15) is 13.2 Å². The number of anilines is 1. The van der Waals surface area contributed by atoms with Crippen molar-refractivity contribution in [3.8, 4) is 0 Å². The monoisotopic (exact) mass is 232 g/mol. The van der Waals surface area contributed by atoms with Crippen molar-refractivity contribution in [2.45, 2.75) is 13.1 Å². The van der Waals surface area contributed by atoms with Crippen LogP contribution in [0, 0.1) is 0 Å². The second-order valence-corrected chi connectivity index (χ2v) is 3.06. The summed E-state index contributed by atoms with van der Waals surface area (Å²) < 4.78 is 36.6. The molecule has 0 saturated heterocycles. The van der Waals surface area contributed by atoms with Crippen LogP contribution in [0.4, 0.5) is 23.7 Å². The first kappa shape index (κ1) is 12.4. The third-order valence-corrected chi connectivity index (χ3v) is 1.81. The molecule has 3 nitrogen and oxygen atoms in total. The fraction of sp³-hybridized carbons (Fsp3) is 0.300. The van der Waals surface area contributed by atoms with Gasteiger partial charge in [-0.3, -0.25) is 0 Å². The fourth-order valence-electron chi connectivity index (χ4n) is 1.08. The molecule has 88 valence electrons. The fourth-order valence-corrected chi connectivity index (χ4v) is 1.08. The third-order valence-electron chi connectivity index (χ3n) is 1.81. The number of hydrogen-bond acceptors (Lipinski definition) is 1. The van der Waals surface area contributed by atoms with Crippen LogP contribution in [-0.2, 0) is 6.18 Å². The number of nitrogens with one attached hydrogen (secondary N) is 2. The highest BCUT2D eigenvalue weighted by Crippen LogP contribution is 2.29. The zero-order valence-electron chi connectivity index (χ0n) is 8.56. The Balaban J connectivity index is 2.69. The van der Waals surface area contributed by atoms with E-state index in [1.54, 1.807) is 6.92 Å². The molecule has 1 aromatic rings.